The van der Waals surface area contributed by atoms with Crippen molar-refractivity contribution in [3.63, 3.8) is 0 Å². The fraction of sp³-hybridized carbons (Fsp3) is 0.846. The summed E-state index contributed by atoms with van der Waals surface area (Å²) in [5.74, 6) is 3.03. The smallest absolute Gasteiger partial charge is 0.243 e. The van der Waals surface area contributed by atoms with E-state index in [1.54, 1.807) is 0 Å². The highest BCUT2D eigenvalue weighted by Gasteiger charge is 2.25. The minimum Gasteiger partial charge on any atom is -0.338 e. The minimum absolute atomic E-state index is 0.193. The molecule has 1 N–H and O–H groups in total. The van der Waals surface area contributed by atoms with Crippen LogP contribution >= 0.6 is 0 Å². The highest BCUT2D eigenvalue weighted by atomic mass is 16.5. The number of rotatable bonds is 4. The lowest BCUT2D eigenvalue weighted by molar-refractivity contribution is 0.312. The lowest BCUT2D eigenvalue weighted by Gasteiger charge is -2.23. The molecular formula is C13H23N3O. The van der Waals surface area contributed by atoms with Crippen molar-refractivity contribution in [2.75, 3.05) is 7.05 Å². The van der Waals surface area contributed by atoms with E-state index < -0.39 is 0 Å². The first-order valence-corrected chi connectivity index (χ1v) is 6.75. The summed E-state index contributed by atoms with van der Waals surface area (Å²) in [4.78, 5) is 4.56. The zero-order valence-corrected chi connectivity index (χ0v) is 11.1. The molecule has 0 aliphatic heterocycles. The molecule has 0 bridgehead atoms. The van der Waals surface area contributed by atoms with Crippen molar-refractivity contribution < 1.29 is 4.52 Å². The van der Waals surface area contributed by atoms with E-state index in [2.05, 4.69) is 29.3 Å². The van der Waals surface area contributed by atoms with E-state index in [1.165, 1.54) is 25.7 Å². The molecule has 2 rings (SSSR count). The van der Waals surface area contributed by atoms with Crippen molar-refractivity contribution in [1.82, 2.24) is 15.5 Å². The maximum absolute atomic E-state index is 5.37. The Morgan fingerprint density at radius 2 is 2.06 bits per heavy atom. The molecule has 1 heterocycles. The maximum atomic E-state index is 5.37. The molecule has 0 saturated heterocycles. The van der Waals surface area contributed by atoms with E-state index in [9.17, 15) is 0 Å². The van der Waals surface area contributed by atoms with Crippen molar-refractivity contribution in [2.24, 2.45) is 5.92 Å². The highest BCUT2D eigenvalue weighted by Crippen LogP contribution is 2.34. The van der Waals surface area contributed by atoms with Crippen molar-refractivity contribution in [2.45, 2.75) is 57.9 Å². The van der Waals surface area contributed by atoms with Gasteiger partial charge < -0.3 is 9.84 Å². The molecule has 1 aliphatic rings. The lowest BCUT2D eigenvalue weighted by Crippen LogP contribution is -2.16. The van der Waals surface area contributed by atoms with Gasteiger partial charge in [-0.1, -0.05) is 31.8 Å². The Bertz CT molecular complexity index is 338. The molecule has 4 nitrogen and oxygen atoms in total. The summed E-state index contributed by atoms with van der Waals surface area (Å²) in [6, 6.07) is 0.193. The summed E-state index contributed by atoms with van der Waals surface area (Å²) in [6.45, 7) is 4.44. The zero-order valence-electron chi connectivity index (χ0n) is 11.1. The van der Waals surface area contributed by atoms with E-state index in [0.717, 1.165) is 24.1 Å². The molecular weight excluding hydrogens is 214 g/mol. The Kier molecular flexibility index (Phi) is 4.15. The predicted molar refractivity (Wildman–Crippen MR) is 66.8 cm³/mol. The van der Waals surface area contributed by atoms with Crippen LogP contribution in [-0.2, 0) is 0 Å². The van der Waals surface area contributed by atoms with Crippen molar-refractivity contribution in [3.8, 4) is 0 Å². The zero-order chi connectivity index (χ0) is 12.3. The van der Waals surface area contributed by atoms with Gasteiger partial charge in [0.05, 0.1) is 6.04 Å². The van der Waals surface area contributed by atoms with Gasteiger partial charge in [-0.25, -0.2) is 0 Å². The first kappa shape index (κ1) is 12.6. The second-order valence-electron chi connectivity index (χ2n) is 5.20. The first-order valence-electron chi connectivity index (χ1n) is 6.75. The molecule has 17 heavy (non-hydrogen) atoms. The van der Waals surface area contributed by atoms with E-state index in [4.69, 9.17) is 4.52 Å². The van der Waals surface area contributed by atoms with Gasteiger partial charge in [0.25, 0.3) is 0 Å². The fourth-order valence-corrected chi connectivity index (χ4v) is 2.58. The van der Waals surface area contributed by atoms with Gasteiger partial charge in [0.2, 0.25) is 5.89 Å². The van der Waals surface area contributed by atoms with Crippen molar-refractivity contribution >= 4 is 0 Å². The van der Waals surface area contributed by atoms with Gasteiger partial charge in [-0.2, -0.15) is 4.98 Å². The summed E-state index contributed by atoms with van der Waals surface area (Å²) in [7, 11) is 1.93. The SMILES string of the molecule is CCC(NC)c1nc(C2CCC(C)CC2)no1. The van der Waals surface area contributed by atoms with Gasteiger partial charge >= 0.3 is 0 Å². The van der Waals surface area contributed by atoms with E-state index in [0.29, 0.717) is 5.92 Å². The van der Waals surface area contributed by atoms with Crippen LogP contribution in [0.1, 0.15) is 69.6 Å². The number of nitrogens with one attached hydrogen (secondary N) is 1. The number of hydrogen-bond donors (Lipinski definition) is 1. The molecule has 1 saturated carbocycles. The number of hydrogen-bond acceptors (Lipinski definition) is 4. The summed E-state index contributed by atoms with van der Waals surface area (Å²) in [6.07, 6.45) is 5.96. The van der Waals surface area contributed by atoms with Gasteiger partial charge in [-0.15, -0.1) is 0 Å². The third-order valence-corrected chi connectivity index (χ3v) is 3.89. The van der Waals surface area contributed by atoms with Gasteiger partial charge in [-0.3, -0.25) is 0 Å². The number of nitrogens with zero attached hydrogens (tertiary/aromatic N) is 2. The Labute approximate surface area is 103 Å². The summed E-state index contributed by atoms with van der Waals surface area (Å²) >= 11 is 0. The Balaban J connectivity index is 2.02. The third-order valence-electron chi connectivity index (χ3n) is 3.89. The van der Waals surface area contributed by atoms with Gasteiger partial charge in [-0.05, 0) is 32.2 Å². The minimum atomic E-state index is 0.193. The standard InChI is InChI=1S/C13H23N3O/c1-4-11(14-3)13-15-12(16-17-13)10-7-5-9(2)6-8-10/h9-11,14H,4-8H2,1-3H3. The van der Waals surface area contributed by atoms with Crippen LogP contribution in [0.2, 0.25) is 0 Å². The van der Waals surface area contributed by atoms with Gasteiger partial charge in [0, 0.05) is 5.92 Å². The Morgan fingerprint density at radius 3 is 2.65 bits per heavy atom. The van der Waals surface area contributed by atoms with Gasteiger partial charge in [0.15, 0.2) is 5.82 Å². The molecule has 1 aromatic heterocycles. The average molecular weight is 237 g/mol. The van der Waals surface area contributed by atoms with E-state index in [1.807, 2.05) is 7.05 Å². The second kappa shape index (κ2) is 5.63. The van der Waals surface area contributed by atoms with Crippen molar-refractivity contribution in [1.29, 1.82) is 0 Å². The molecule has 4 heteroatoms. The first-order chi connectivity index (χ1) is 8.24. The summed E-state index contributed by atoms with van der Waals surface area (Å²) in [5, 5.41) is 7.35. The van der Waals surface area contributed by atoms with E-state index >= 15 is 0 Å². The molecule has 0 aromatic carbocycles. The van der Waals surface area contributed by atoms with Crippen molar-refractivity contribution in [3.05, 3.63) is 11.7 Å². The maximum Gasteiger partial charge on any atom is 0.243 e. The molecule has 96 valence electrons. The molecule has 1 aromatic rings. The van der Waals surface area contributed by atoms with Crippen LogP contribution in [0, 0.1) is 5.92 Å². The van der Waals surface area contributed by atoms with Gasteiger partial charge in [0.1, 0.15) is 0 Å². The molecule has 1 atom stereocenters. The van der Waals surface area contributed by atoms with Crippen LogP contribution < -0.4 is 5.32 Å². The molecule has 1 unspecified atom stereocenters. The van der Waals surface area contributed by atoms with Crippen LogP contribution in [-0.4, -0.2) is 17.2 Å². The summed E-state index contributed by atoms with van der Waals surface area (Å²) < 4.78 is 5.37. The monoisotopic (exact) mass is 237 g/mol. The van der Waals surface area contributed by atoms with Crippen LogP contribution in [0.25, 0.3) is 0 Å². The van der Waals surface area contributed by atoms with Crippen LogP contribution in [0.4, 0.5) is 0 Å². The second-order valence-corrected chi connectivity index (χ2v) is 5.20. The quantitative estimate of drug-likeness (QED) is 0.874. The topological polar surface area (TPSA) is 51.0 Å². The predicted octanol–water partition coefficient (Wildman–Crippen LogP) is 3.03. The Morgan fingerprint density at radius 1 is 1.35 bits per heavy atom. The largest absolute Gasteiger partial charge is 0.338 e. The normalized spacial score (nSPS) is 27.0. The fourth-order valence-electron chi connectivity index (χ4n) is 2.58. The number of aromatic nitrogens is 2. The van der Waals surface area contributed by atoms with Crippen LogP contribution in [0.5, 0.6) is 0 Å². The van der Waals surface area contributed by atoms with E-state index in [-0.39, 0.29) is 6.04 Å². The molecule has 1 aliphatic carbocycles. The average Bonchev–Trinajstić information content (AvgIpc) is 2.81. The summed E-state index contributed by atoms with van der Waals surface area (Å²) in [5.41, 5.74) is 0. The van der Waals surface area contributed by atoms with Crippen LogP contribution in [0.15, 0.2) is 4.52 Å². The molecule has 0 radical (unpaired) electrons. The lowest BCUT2D eigenvalue weighted by atomic mass is 9.83. The molecule has 0 amide bonds. The van der Waals surface area contributed by atoms with Crippen LogP contribution in [0.3, 0.4) is 0 Å². The molecule has 1 fully saturated rings. The highest BCUT2D eigenvalue weighted by molar-refractivity contribution is 4.99. The Hall–Kier alpha value is -0.900. The molecule has 0 spiro atoms. The third kappa shape index (κ3) is 2.86.